The Morgan fingerprint density at radius 1 is 1.08 bits per heavy atom. The predicted octanol–water partition coefficient (Wildman–Crippen LogP) is 4.48. The third kappa shape index (κ3) is 3.75. The largest absolute Gasteiger partial charge is 0.311 e. The molecule has 0 radical (unpaired) electrons. The second-order valence-corrected chi connectivity index (χ2v) is 5.90. The third-order valence-corrected chi connectivity index (χ3v) is 4.25. The number of aromatic nitrogens is 1. The zero-order chi connectivity index (χ0) is 16.8. The number of rotatable bonds is 5. The first kappa shape index (κ1) is 16.1. The SMILES string of the molecule is C=CCn1c(-c2ccccc2)cs/c1=N/N=C/c1ccc(F)cc1. The number of benzene rings is 2. The van der Waals surface area contributed by atoms with Crippen molar-refractivity contribution >= 4 is 17.6 Å². The van der Waals surface area contributed by atoms with Crippen LogP contribution in [-0.4, -0.2) is 10.8 Å². The smallest absolute Gasteiger partial charge is 0.211 e. The van der Waals surface area contributed by atoms with Gasteiger partial charge in [0.2, 0.25) is 4.80 Å². The molecule has 0 N–H and O–H groups in total. The molecule has 0 atom stereocenters. The molecule has 2 aromatic carbocycles. The zero-order valence-corrected chi connectivity index (χ0v) is 13.8. The van der Waals surface area contributed by atoms with Crippen molar-refractivity contribution in [1.29, 1.82) is 0 Å². The lowest BCUT2D eigenvalue weighted by Gasteiger charge is -2.05. The minimum Gasteiger partial charge on any atom is -0.311 e. The van der Waals surface area contributed by atoms with Crippen molar-refractivity contribution in [3.05, 3.63) is 88.8 Å². The number of hydrogen-bond donors (Lipinski definition) is 0. The van der Waals surface area contributed by atoms with Gasteiger partial charge in [0.05, 0.1) is 11.9 Å². The minimum atomic E-state index is -0.265. The molecule has 0 saturated carbocycles. The van der Waals surface area contributed by atoms with Crippen molar-refractivity contribution in [2.24, 2.45) is 10.2 Å². The van der Waals surface area contributed by atoms with Crippen LogP contribution < -0.4 is 4.80 Å². The molecule has 5 heteroatoms. The van der Waals surface area contributed by atoms with Crippen LogP contribution in [0.25, 0.3) is 11.3 Å². The topological polar surface area (TPSA) is 29.6 Å². The van der Waals surface area contributed by atoms with Gasteiger partial charge in [0.1, 0.15) is 5.82 Å². The van der Waals surface area contributed by atoms with Gasteiger partial charge in [-0.05, 0) is 23.3 Å². The van der Waals surface area contributed by atoms with E-state index in [-0.39, 0.29) is 5.82 Å². The van der Waals surface area contributed by atoms with Crippen LogP contribution in [0.3, 0.4) is 0 Å². The minimum absolute atomic E-state index is 0.265. The molecule has 1 aromatic heterocycles. The maximum Gasteiger partial charge on any atom is 0.211 e. The van der Waals surface area contributed by atoms with E-state index in [4.69, 9.17) is 0 Å². The Hall–Kier alpha value is -2.79. The molecular formula is C19H16FN3S. The zero-order valence-electron chi connectivity index (χ0n) is 13.0. The Morgan fingerprint density at radius 3 is 2.54 bits per heavy atom. The van der Waals surface area contributed by atoms with Crippen LogP contribution >= 0.6 is 11.3 Å². The van der Waals surface area contributed by atoms with E-state index in [9.17, 15) is 4.39 Å². The molecule has 3 aromatic rings. The first-order valence-corrected chi connectivity index (χ1v) is 8.33. The van der Waals surface area contributed by atoms with Gasteiger partial charge in [-0.2, -0.15) is 5.10 Å². The molecule has 3 rings (SSSR count). The van der Waals surface area contributed by atoms with Gasteiger partial charge < -0.3 is 4.57 Å². The van der Waals surface area contributed by atoms with Crippen molar-refractivity contribution in [3.8, 4) is 11.3 Å². The van der Waals surface area contributed by atoms with E-state index in [1.165, 1.54) is 23.5 Å². The summed E-state index contributed by atoms with van der Waals surface area (Å²) in [7, 11) is 0. The van der Waals surface area contributed by atoms with E-state index in [2.05, 4.69) is 38.9 Å². The van der Waals surface area contributed by atoms with Crippen LogP contribution in [0.2, 0.25) is 0 Å². The van der Waals surface area contributed by atoms with E-state index in [0.717, 1.165) is 21.6 Å². The fraction of sp³-hybridized carbons (Fsp3) is 0.0526. The first-order chi connectivity index (χ1) is 11.8. The van der Waals surface area contributed by atoms with Crippen LogP contribution in [0.1, 0.15) is 5.56 Å². The third-order valence-electron chi connectivity index (χ3n) is 3.40. The second kappa shape index (κ2) is 7.66. The Balaban J connectivity index is 1.94. The number of hydrogen-bond acceptors (Lipinski definition) is 3. The van der Waals surface area contributed by atoms with Crippen LogP contribution in [0, 0.1) is 5.82 Å². The van der Waals surface area contributed by atoms with Gasteiger partial charge in [0, 0.05) is 11.9 Å². The molecule has 0 aliphatic carbocycles. The lowest BCUT2D eigenvalue weighted by atomic mass is 10.2. The summed E-state index contributed by atoms with van der Waals surface area (Å²) in [5.74, 6) is -0.265. The lowest BCUT2D eigenvalue weighted by Crippen LogP contribution is -2.14. The van der Waals surface area contributed by atoms with Crippen molar-refractivity contribution in [2.75, 3.05) is 0 Å². The quantitative estimate of drug-likeness (QED) is 0.373. The maximum absolute atomic E-state index is 12.9. The summed E-state index contributed by atoms with van der Waals surface area (Å²) in [6.45, 7) is 4.47. The predicted molar refractivity (Wildman–Crippen MR) is 97.5 cm³/mol. The molecule has 0 amide bonds. The van der Waals surface area contributed by atoms with Crippen LogP contribution in [0.15, 0.2) is 82.8 Å². The van der Waals surface area contributed by atoms with Gasteiger partial charge in [-0.25, -0.2) is 4.39 Å². The van der Waals surface area contributed by atoms with Gasteiger partial charge in [0.15, 0.2) is 0 Å². The summed E-state index contributed by atoms with van der Waals surface area (Å²) in [5, 5.41) is 10.5. The Labute approximate surface area is 143 Å². The Bertz CT molecular complexity index is 906. The van der Waals surface area contributed by atoms with E-state index in [1.54, 1.807) is 18.3 Å². The molecule has 0 spiro atoms. The van der Waals surface area contributed by atoms with Crippen molar-refractivity contribution < 1.29 is 4.39 Å². The summed E-state index contributed by atoms with van der Waals surface area (Å²) in [6.07, 6.45) is 3.45. The molecule has 24 heavy (non-hydrogen) atoms. The maximum atomic E-state index is 12.9. The Morgan fingerprint density at radius 2 is 1.83 bits per heavy atom. The summed E-state index contributed by atoms with van der Waals surface area (Å²) >= 11 is 1.52. The number of halogens is 1. The fourth-order valence-corrected chi connectivity index (χ4v) is 3.12. The van der Waals surface area contributed by atoms with E-state index in [1.807, 2.05) is 24.3 Å². The van der Waals surface area contributed by atoms with Gasteiger partial charge in [-0.15, -0.1) is 23.0 Å². The van der Waals surface area contributed by atoms with Gasteiger partial charge in [-0.1, -0.05) is 48.5 Å². The summed E-state index contributed by atoms with van der Waals surface area (Å²) in [5.41, 5.74) is 3.01. The van der Waals surface area contributed by atoms with Crippen LogP contribution in [0.5, 0.6) is 0 Å². The highest BCUT2D eigenvalue weighted by molar-refractivity contribution is 7.07. The van der Waals surface area contributed by atoms with Gasteiger partial charge in [0.25, 0.3) is 0 Å². The molecule has 1 heterocycles. The standard InChI is InChI=1S/C19H16FN3S/c1-2-12-23-18(16-6-4-3-5-7-16)14-24-19(23)22-21-13-15-8-10-17(20)11-9-15/h2-11,13-14H,1,12H2/b21-13+,22-19+. The monoisotopic (exact) mass is 337 g/mol. The Kier molecular flexibility index (Phi) is 5.13. The number of nitrogens with zero attached hydrogens (tertiary/aromatic N) is 3. The summed E-state index contributed by atoms with van der Waals surface area (Å²) in [6, 6.07) is 16.3. The molecular weight excluding hydrogens is 321 g/mol. The normalized spacial score (nSPS) is 12.0. The summed E-state index contributed by atoms with van der Waals surface area (Å²) < 4.78 is 15.0. The van der Waals surface area contributed by atoms with Gasteiger partial charge >= 0.3 is 0 Å². The van der Waals surface area contributed by atoms with Crippen molar-refractivity contribution in [1.82, 2.24) is 4.57 Å². The number of thiazole rings is 1. The highest BCUT2D eigenvalue weighted by Crippen LogP contribution is 2.19. The highest BCUT2D eigenvalue weighted by Gasteiger charge is 2.06. The van der Waals surface area contributed by atoms with Crippen LogP contribution in [0.4, 0.5) is 4.39 Å². The first-order valence-electron chi connectivity index (χ1n) is 7.45. The van der Waals surface area contributed by atoms with E-state index in [0.29, 0.717) is 6.54 Å². The van der Waals surface area contributed by atoms with Crippen molar-refractivity contribution in [3.63, 3.8) is 0 Å². The molecule has 120 valence electrons. The average Bonchev–Trinajstić information content (AvgIpc) is 3.01. The molecule has 0 aliphatic rings. The molecule has 3 nitrogen and oxygen atoms in total. The van der Waals surface area contributed by atoms with Crippen molar-refractivity contribution in [2.45, 2.75) is 6.54 Å². The average molecular weight is 337 g/mol. The fourth-order valence-electron chi connectivity index (χ4n) is 2.25. The molecule has 0 unspecified atom stereocenters. The van der Waals surface area contributed by atoms with E-state index < -0.39 is 0 Å². The second-order valence-electron chi connectivity index (χ2n) is 5.06. The van der Waals surface area contributed by atoms with Crippen LogP contribution in [-0.2, 0) is 6.54 Å². The highest BCUT2D eigenvalue weighted by atomic mass is 32.1. The van der Waals surface area contributed by atoms with Gasteiger partial charge in [-0.3, -0.25) is 0 Å². The molecule has 0 saturated heterocycles. The number of allylic oxidation sites excluding steroid dienone is 1. The lowest BCUT2D eigenvalue weighted by molar-refractivity contribution is 0.628. The molecule has 0 bridgehead atoms. The summed E-state index contributed by atoms with van der Waals surface area (Å²) in [4.78, 5) is 0.784. The molecule has 0 fully saturated rings. The van der Waals surface area contributed by atoms with E-state index >= 15 is 0 Å². The molecule has 0 aliphatic heterocycles.